The van der Waals surface area contributed by atoms with Crippen LogP contribution in [0.25, 0.3) is 0 Å². The lowest BCUT2D eigenvalue weighted by atomic mass is 10.1. The van der Waals surface area contributed by atoms with Crippen LogP contribution >= 0.6 is 0 Å². The van der Waals surface area contributed by atoms with E-state index in [0.29, 0.717) is 12.2 Å². The molecule has 0 aromatic heterocycles. The number of hydrogen-bond donors (Lipinski definition) is 2. The molecule has 0 heterocycles. The second-order valence-electron chi connectivity index (χ2n) is 5.01. The number of rotatable bonds is 8. The van der Waals surface area contributed by atoms with Gasteiger partial charge in [0.2, 0.25) is 0 Å². The summed E-state index contributed by atoms with van der Waals surface area (Å²) in [5, 5.41) is 12.8. The molecule has 2 N–H and O–H groups in total. The first-order valence-corrected chi connectivity index (χ1v) is 7.27. The molecule has 0 bridgehead atoms. The van der Waals surface area contributed by atoms with Gasteiger partial charge in [0.05, 0.1) is 6.10 Å². The number of carbonyl (C=O) groups excluding carboxylic acids is 1. The van der Waals surface area contributed by atoms with E-state index < -0.39 is 6.10 Å². The normalized spacial score (nSPS) is 13.6. The molecule has 4 heteroatoms. The molecule has 1 unspecified atom stereocenters. The Morgan fingerprint density at radius 3 is 2.70 bits per heavy atom. The van der Waals surface area contributed by atoms with Crippen molar-refractivity contribution >= 4 is 5.91 Å². The van der Waals surface area contributed by atoms with E-state index in [1.807, 2.05) is 32.0 Å². The average Bonchev–Trinajstić information content (AvgIpc) is 2.44. The molecule has 1 aromatic rings. The number of para-hydroxylation sites is 1. The van der Waals surface area contributed by atoms with Gasteiger partial charge in [-0.25, -0.2) is 0 Å². The third-order valence-corrected chi connectivity index (χ3v) is 3.15. The minimum Gasteiger partial charge on any atom is -0.483 e. The fourth-order valence-corrected chi connectivity index (χ4v) is 2.07. The average molecular weight is 279 g/mol. The Balaban J connectivity index is 2.55. The van der Waals surface area contributed by atoms with Gasteiger partial charge >= 0.3 is 0 Å². The number of ether oxygens (including phenoxy) is 1. The van der Waals surface area contributed by atoms with Crippen LogP contribution in [0.2, 0.25) is 0 Å². The van der Waals surface area contributed by atoms with E-state index in [1.165, 1.54) is 0 Å². The fraction of sp³-hybridized carbons (Fsp3) is 0.562. The first-order valence-electron chi connectivity index (χ1n) is 7.27. The second-order valence-corrected chi connectivity index (χ2v) is 5.01. The Morgan fingerprint density at radius 1 is 1.35 bits per heavy atom. The van der Waals surface area contributed by atoms with Crippen molar-refractivity contribution < 1.29 is 14.6 Å². The molecule has 0 aliphatic heterocycles. The zero-order valence-electron chi connectivity index (χ0n) is 12.6. The van der Waals surface area contributed by atoms with Crippen LogP contribution in [0.4, 0.5) is 0 Å². The van der Waals surface area contributed by atoms with E-state index in [0.717, 1.165) is 18.4 Å². The van der Waals surface area contributed by atoms with Gasteiger partial charge in [0.15, 0.2) is 6.61 Å². The Hall–Kier alpha value is -1.55. The number of aliphatic hydroxyl groups is 1. The summed E-state index contributed by atoms with van der Waals surface area (Å²) in [4.78, 5) is 11.8. The van der Waals surface area contributed by atoms with Gasteiger partial charge in [-0.15, -0.1) is 0 Å². The van der Waals surface area contributed by atoms with Gasteiger partial charge in [0, 0.05) is 11.6 Å². The lowest BCUT2D eigenvalue weighted by Crippen LogP contribution is -2.36. The van der Waals surface area contributed by atoms with Gasteiger partial charge < -0.3 is 15.2 Å². The number of nitrogens with one attached hydrogen (secondary N) is 1. The van der Waals surface area contributed by atoms with Crippen molar-refractivity contribution in [2.24, 2.45) is 0 Å². The predicted octanol–water partition coefficient (Wildman–Crippen LogP) is 2.81. The van der Waals surface area contributed by atoms with Gasteiger partial charge in [-0.2, -0.15) is 0 Å². The minimum absolute atomic E-state index is 0.0263. The summed E-state index contributed by atoms with van der Waals surface area (Å²) in [7, 11) is 0. The Morgan fingerprint density at radius 2 is 2.05 bits per heavy atom. The molecule has 20 heavy (non-hydrogen) atoms. The van der Waals surface area contributed by atoms with Crippen molar-refractivity contribution in [2.75, 3.05) is 6.61 Å². The third kappa shape index (κ3) is 5.21. The van der Waals surface area contributed by atoms with Crippen LogP contribution in [0.1, 0.15) is 51.7 Å². The highest BCUT2D eigenvalue weighted by molar-refractivity contribution is 5.77. The van der Waals surface area contributed by atoms with Gasteiger partial charge in [-0.3, -0.25) is 4.79 Å². The van der Waals surface area contributed by atoms with E-state index in [4.69, 9.17) is 4.74 Å². The second kappa shape index (κ2) is 8.59. The standard InChI is InChI=1S/C16H25NO3/c1-4-8-12(3)17-16(19)11-20-15-10-7-6-9-13(15)14(18)5-2/h6-7,9-10,12,14,18H,4-5,8,11H2,1-3H3,(H,17,19)/t12?,14-/m1/s1. The van der Waals surface area contributed by atoms with Crippen LogP contribution in [-0.4, -0.2) is 23.7 Å². The van der Waals surface area contributed by atoms with Crippen molar-refractivity contribution in [1.29, 1.82) is 0 Å². The van der Waals surface area contributed by atoms with E-state index in [-0.39, 0.29) is 18.6 Å². The molecular formula is C16H25NO3. The zero-order chi connectivity index (χ0) is 15.0. The summed E-state index contributed by atoms with van der Waals surface area (Å²) in [6.45, 7) is 5.94. The van der Waals surface area contributed by atoms with Crippen LogP contribution in [0.3, 0.4) is 0 Å². The van der Waals surface area contributed by atoms with E-state index >= 15 is 0 Å². The Bertz CT molecular complexity index is 420. The molecule has 112 valence electrons. The van der Waals surface area contributed by atoms with Crippen molar-refractivity contribution in [3.8, 4) is 5.75 Å². The molecule has 0 saturated carbocycles. The number of hydrogen-bond acceptors (Lipinski definition) is 3. The predicted molar refractivity (Wildman–Crippen MR) is 79.7 cm³/mol. The van der Waals surface area contributed by atoms with E-state index in [2.05, 4.69) is 12.2 Å². The van der Waals surface area contributed by atoms with Gasteiger partial charge in [-0.1, -0.05) is 38.5 Å². The van der Waals surface area contributed by atoms with Crippen LogP contribution in [0, 0.1) is 0 Å². The van der Waals surface area contributed by atoms with Gasteiger partial charge in [0.25, 0.3) is 5.91 Å². The SMILES string of the molecule is CCCC(C)NC(=O)COc1ccccc1[C@H](O)CC. The van der Waals surface area contributed by atoms with Crippen molar-refractivity contribution in [2.45, 2.75) is 52.2 Å². The van der Waals surface area contributed by atoms with Crippen LogP contribution in [0.15, 0.2) is 24.3 Å². The first-order chi connectivity index (χ1) is 9.58. The van der Waals surface area contributed by atoms with Crippen LogP contribution < -0.4 is 10.1 Å². The highest BCUT2D eigenvalue weighted by Gasteiger charge is 2.13. The molecule has 1 aromatic carbocycles. The highest BCUT2D eigenvalue weighted by Crippen LogP contribution is 2.26. The summed E-state index contributed by atoms with van der Waals surface area (Å²) in [6.07, 6.45) is 2.04. The molecule has 0 aliphatic rings. The summed E-state index contributed by atoms with van der Waals surface area (Å²) in [6, 6.07) is 7.44. The molecule has 0 aliphatic carbocycles. The molecule has 2 atom stereocenters. The monoisotopic (exact) mass is 279 g/mol. The molecule has 0 spiro atoms. The van der Waals surface area contributed by atoms with Gasteiger partial charge in [0.1, 0.15) is 5.75 Å². The number of carbonyl (C=O) groups is 1. The summed E-state index contributed by atoms with van der Waals surface area (Å²) >= 11 is 0. The van der Waals surface area contributed by atoms with Crippen molar-refractivity contribution in [1.82, 2.24) is 5.32 Å². The molecular weight excluding hydrogens is 254 g/mol. The highest BCUT2D eigenvalue weighted by atomic mass is 16.5. The molecule has 1 amide bonds. The van der Waals surface area contributed by atoms with Crippen molar-refractivity contribution in [3.63, 3.8) is 0 Å². The summed E-state index contributed by atoms with van der Waals surface area (Å²) in [5.74, 6) is 0.437. The lowest BCUT2D eigenvalue weighted by Gasteiger charge is -2.16. The zero-order valence-corrected chi connectivity index (χ0v) is 12.6. The largest absolute Gasteiger partial charge is 0.483 e. The molecule has 1 rings (SSSR count). The maximum Gasteiger partial charge on any atom is 0.258 e. The minimum atomic E-state index is -0.562. The molecule has 0 saturated heterocycles. The molecule has 0 fully saturated rings. The number of benzene rings is 1. The van der Waals surface area contributed by atoms with E-state index in [1.54, 1.807) is 6.07 Å². The van der Waals surface area contributed by atoms with Crippen molar-refractivity contribution in [3.05, 3.63) is 29.8 Å². The van der Waals surface area contributed by atoms with Crippen LogP contribution in [-0.2, 0) is 4.79 Å². The van der Waals surface area contributed by atoms with Gasteiger partial charge in [-0.05, 0) is 25.8 Å². The Kier molecular flexibility index (Phi) is 7.09. The van der Waals surface area contributed by atoms with Crippen LogP contribution in [0.5, 0.6) is 5.75 Å². The maximum atomic E-state index is 11.8. The van der Waals surface area contributed by atoms with E-state index in [9.17, 15) is 9.90 Å². The fourth-order valence-electron chi connectivity index (χ4n) is 2.07. The summed E-state index contributed by atoms with van der Waals surface area (Å²) in [5.41, 5.74) is 0.726. The first kappa shape index (κ1) is 16.5. The number of aliphatic hydroxyl groups excluding tert-OH is 1. The smallest absolute Gasteiger partial charge is 0.258 e. The molecule has 4 nitrogen and oxygen atoms in total. The number of amides is 1. The Labute approximate surface area is 121 Å². The topological polar surface area (TPSA) is 58.6 Å². The third-order valence-electron chi connectivity index (χ3n) is 3.15. The molecule has 0 radical (unpaired) electrons. The summed E-state index contributed by atoms with van der Waals surface area (Å²) < 4.78 is 5.53. The quantitative estimate of drug-likeness (QED) is 0.769. The maximum absolute atomic E-state index is 11.8. The lowest BCUT2D eigenvalue weighted by molar-refractivity contribution is -0.123.